The number of hydrogen-bond acceptors (Lipinski definition) is 4. The van der Waals surface area contributed by atoms with E-state index in [1.165, 1.54) is 23.5 Å². The van der Waals surface area contributed by atoms with Gasteiger partial charge in [-0.25, -0.2) is 0 Å². The maximum Gasteiger partial charge on any atom is 0.250 e. The molecule has 22 heavy (non-hydrogen) atoms. The van der Waals surface area contributed by atoms with E-state index in [4.69, 9.17) is 17.3 Å². The minimum Gasteiger partial charge on any atom is -0.366 e. The highest BCUT2D eigenvalue weighted by atomic mass is 35.5. The summed E-state index contributed by atoms with van der Waals surface area (Å²) < 4.78 is 0. The molecule has 3 N–H and O–H groups in total. The Hall–Kier alpha value is -1.89. The van der Waals surface area contributed by atoms with Crippen molar-refractivity contribution in [2.75, 3.05) is 19.4 Å². The van der Waals surface area contributed by atoms with Gasteiger partial charge in [-0.2, -0.15) is 11.3 Å². The van der Waals surface area contributed by atoms with Crippen LogP contribution in [0.15, 0.2) is 35.0 Å². The Morgan fingerprint density at radius 3 is 2.55 bits per heavy atom. The topological polar surface area (TPSA) is 75.4 Å². The molecule has 1 aromatic heterocycles. The van der Waals surface area contributed by atoms with Crippen molar-refractivity contribution >= 4 is 40.4 Å². The van der Waals surface area contributed by atoms with E-state index in [2.05, 4.69) is 5.32 Å². The van der Waals surface area contributed by atoms with Crippen molar-refractivity contribution in [2.45, 2.75) is 6.04 Å². The van der Waals surface area contributed by atoms with E-state index in [0.29, 0.717) is 5.69 Å². The molecule has 116 valence electrons. The Morgan fingerprint density at radius 1 is 1.32 bits per heavy atom. The summed E-state index contributed by atoms with van der Waals surface area (Å²) in [5, 5.41) is 6.88. The molecule has 2 rings (SSSR count). The largest absolute Gasteiger partial charge is 0.366 e. The fraction of sp³-hybridized carbons (Fsp3) is 0.200. The summed E-state index contributed by atoms with van der Waals surface area (Å²) in [6.07, 6.45) is 0. The Balaban J connectivity index is 2.20. The van der Waals surface area contributed by atoms with Gasteiger partial charge in [-0.3, -0.25) is 14.5 Å². The zero-order valence-corrected chi connectivity index (χ0v) is 13.7. The van der Waals surface area contributed by atoms with Crippen LogP contribution in [0.25, 0.3) is 0 Å². The van der Waals surface area contributed by atoms with Gasteiger partial charge in [0.05, 0.1) is 10.6 Å². The molecule has 0 bridgehead atoms. The van der Waals surface area contributed by atoms with Crippen molar-refractivity contribution in [2.24, 2.45) is 5.73 Å². The molecule has 1 heterocycles. The first kappa shape index (κ1) is 16.5. The number of amides is 2. The normalized spacial score (nSPS) is 12.2. The van der Waals surface area contributed by atoms with E-state index in [0.717, 1.165) is 5.56 Å². The van der Waals surface area contributed by atoms with E-state index >= 15 is 0 Å². The SMILES string of the molecule is CN(C)C(C(=O)Nc1ccc(C(N)=O)c(Cl)c1)c1ccsc1. The van der Waals surface area contributed by atoms with E-state index in [1.54, 1.807) is 6.07 Å². The number of nitrogens with zero attached hydrogens (tertiary/aromatic N) is 1. The molecule has 7 heteroatoms. The molecule has 0 aliphatic carbocycles. The lowest BCUT2D eigenvalue weighted by atomic mass is 10.1. The first-order chi connectivity index (χ1) is 10.4. The highest BCUT2D eigenvalue weighted by Crippen LogP contribution is 2.25. The Kier molecular flexibility index (Phi) is 5.18. The van der Waals surface area contributed by atoms with Gasteiger partial charge in [-0.1, -0.05) is 11.6 Å². The number of nitrogens with two attached hydrogens (primary N) is 1. The summed E-state index contributed by atoms with van der Waals surface area (Å²) in [5.74, 6) is -0.779. The fourth-order valence-corrected chi connectivity index (χ4v) is 3.07. The molecule has 0 saturated heterocycles. The van der Waals surface area contributed by atoms with Gasteiger partial charge in [-0.15, -0.1) is 0 Å². The van der Waals surface area contributed by atoms with Gasteiger partial charge in [-0.05, 0) is 54.7 Å². The third-order valence-corrected chi connectivity index (χ3v) is 4.14. The van der Waals surface area contributed by atoms with Gasteiger partial charge in [0.15, 0.2) is 0 Å². The van der Waals surface area contributed by atoms with Crippen LogP contribution in [0.3, 0.4) is 0 Å². The van der Waals surface area contributed by atoms with Gasteiger partial charge in [0.1, 0.15) is 6.04 Å². The van der Waals surface area contributed by atoms with Crippen LogP contribution in [-0.2, 0) is 4.79 Å². The number of rotatable bonds is 5. The first-order valence-electron chi connectivity index (χ1n) is 6.49. The predicted octanol–water partition coefficient (Wildman–Crippen LogP) is 2.74. The maximum absolute atomic E-state index is 12.5. The molecule has 1 unspecified atom stereocenters. The van der Waals surface area contributed by atoms with Crippen molar-refractivity contribution in [3.63, 3.8) is 0 Å². The molecular weight excluding hydrogens is 322 g/mol. The second-order valence-corrected chi connectivity index (χ2v) is 6.16. The van der Waals surface area contributed by atoms with Crippen LogP contribution >= 0.6 is 22.9 Å². The second kappa shape index (κ2) is 6.91. The van der Waals surface area contributed by atoms with Crippen LogP contribution in [0, 0.1) is 0 Å². The summed E-state index contributed by atoms with van der Waals surface area (Å²) in [5.41, 5.74) is 6.86. The lowest BCUT2D eigenvalue weighted by molar-refractivity contribution is -0.120. The summed E-state index contributed by atoms with van der Waals surface area (Å²) in [4.78, 5) is 25.5. The van der Waals surface area contributed by atoms with Gasteiger partial charge in [0.25, 0.3) is 0 Å². The van der Waals surface area contributed by atoms with Gasteiger partial charge in [0, 0.05) is 5.69 Å². The predicted molar refractivity (Wildman–Crippen MR) is 89.3 cm³/mol. The summed E-state index contributed by atoms with van der Waals surface area (Å²) in [6, 6.07) is 6.12. The smallest absolute Gasteiger partial charge is 0.250 e. The van der Waals surface area contributed by atoms with Crippen molar-refractivity contribution in [1.82, 2.24) is 4.90 Å². The van der Waals surface area contributed by atoms with Gasteiger partial charge >= 0.3 is 0 Å². The maximum atomic E-state index is 12.5. The van der Waals surface area contributed by atoms with Gasteiger partial charge < -0.3 is 11.1 Å². The number of primary amides is 1. The molecule has 0 spiro atoms. The number of benzene rings is 1. The average molecular weight is 338 g/mol. The van der Waals surface area contributed by atoms with Gasteiger partial charge in [0.2, 0.25) is 11.8 Å². The monoisotopic (exact) mass is 337 g/mol. The summed E-state index contributed by atoms with van der Waals surface area (Å²) in [6.45, 7) is 0. The van der Waals surface area contributed by atoms with Crippen LogP contribution in [0.5, 0.6) is 0 Å². The van der Waals surface area contributed by atoms with E-state index in [1.807, 2.05) is 35.8 Å². The number of carbonyl (C=O) groups is 2. The molecule has 1 atom stereocenters. The second-order valence-electron chi connectivity index (χ2n) is 4.97. The van der Waals surface area contributed by atoms with Crippen molar-refractivity contribution in [3.05, 3.63) is 51.2 Å². The van der Waals surface area contributed by atoms with Crippen LogP contribution in [0.2, 0.25) is 5.02 Å². The zero-order valence-electron chi connectivity index (χ0n) is 12.2. The zero-order chi connectivity index (χ0) is 16.3. The molecule has 0 aliphatic rings. The van der Waals surface area contributed by atoms with Crippen LogP contribution in [0.4, 0.5) is 5.69 Å². The number of nitrogens with one attached hydrogen (secondary N) is 1. The van der Waals surface area contributed by atoms with E-state index in [9.17, 15) is 9.59 Å². The molecule has 0 radical (unpaired) electrons. The molecule has 0 fully saturated rings. The number of hydrogen-bond donors (Lipinski definition) is 2. The molecule has 0 aliphatic heterocycles. The van der Waals surface area contributed by atoms with Crippen LogP contribution < -0.4 is 11.1 Å². The lowest BCUT2D eigenvalue weighted by Crippen LogP contribution is -2.32. The quantitative estimate of drug-likeness (QED) is 0.880. The minimum atomic E-state index is -0.604. The Labute approximate surface area is 137 Å². The van der Waals surface area contributed by atoms with E-state index < -0.39 is 11.9 Å². The third-order valence-electron chi connectivity index (χ3n) is 3.13. The average Bonchev–Trinajstić information content (AvgIpc) is 2.91. The lowest BCUT2D eigenvalue weighted by Gasteiger charge is -2.22. The highest BCUT2D eigenvalue weighted by Gasteiger charge is 2.23. The van der Waals surface area contributed by atoms with E-state index in [-0.39, 0.29) is 16.5 Å². The van der Waals surface area contributed by atoms with Crippen molar-refractivity contribution < 1.29 is 9.59 Å². The Morgan fingerprint density at radius 2 is 2.05 bits per heavy atom. The molecule has 2 amide bonds. The van der Waals surface area contributed by atoms with Crippen LogP contribution in [0.1, 0.15) is 22.0 Å². The summed E-state index contributed by atoms with van der Waals surface area (Å²) in [7, 11) is 3.68. The number of likely N-dealkylation sites (N-methyl/N-ethyl adjacent to an activating group) is 1. The Bertz CT molecular complexity index is 686. The van der Waals surface area contributed by atoms with Crippen LogP contribution in [-0.4, -0.2) is 30.8 Å². The molecule has 1 aromatic carbocycles. The highest BCUT2D eigenvalue weighted by molar-refractivity contribution is 7.08. The number of thiophene rings is 1. The number of anilines is 1. The number of halogens is 1. The van der Waals surface area contributed by atoms with Crippen molar-refractivity contribution in [3.8, 4) is 0 Å². The first-order valence-corrected chi connectivity index (χ1v) is 7.81. The molecule has 5 nitrogen and oxygen atoms in total. The third kappa shape index (κ3) is 3.65. The number of carbonyl (C=O) groups excluding carboxylic acids is 2. The molecular formula is C15H16ClN3O2S. The molecule has 2 aromatic rings. The minimum absolute atomic E-state index is 0.175. The van der Waals surface area contributed by atoms with Crippen molar-refractivity contribution in [1.29, 1.82) is 0 Å². The summed E-state index contributed by atoms with van der Waals surface area (Å²) >= 11 is 7.53. The molecule has 0 saturated carbocycles. The fourth-order valence-electron chi connectivity index (χ4n) is 2.12. The standard InChI is InChI=1S/C15H16ClN3O2S/c1-19(2)13(9-5-6-22-8-9)15(21)18-10-3-4-11(14(17)20)12(16)7-10/h3-8,13H,1-2H3,(H2,17,20)(H,18,21).